The average molecular weight is 207 g/mol. The first-order chi connectivity index (χ1) is 7.05. The molecule has 0 aromatic rings. The van der Waals surface area contributed by atoms with Gasteiger partial charge in [-0.15, -0.1) is 0 Å². The van der Waals surface area contributed by atoms with E-state index in [1.165, 1.54) is 25.8 Å². The van der Waals surface area contributed by atoms with Crippen LogP contribution in [0.3, 0.4) is 0 Å². The summed E-state index contributed by atoms with van der Waals surface area (Å²) in [5.74, 6) is 3.08. The Kier molecular flexibility index (Phi) is 2.03. The molecule has 2 saturated carbocycles. The van der Waals surface area contributed by atoms with Crippen LogP contribution in [0.1, 0.15) is 47.0 Å². The summed E-state index contributed by atoms with van der Waals surface area (Å²) in [6.45, 7) is 11.2. The largest absolute Gasteiger partial charge is 0.297 e. The van der Waals surface area contributed by atoms with Crippen LogP contribution in [-0.2, 0) is 0 Å². The molecule has 86 valence electrons. The minimum Gasteiger partial charge on any atom is -0.297 e. The van der Waals surface area contributed by atoms with E-state index in [1.807, 2.05) is 0 Å². The predicted octanol–water partition coefficient (Wildman–Crippen LogP) is 3.15. The standard InChI is InChI=1S/C14H25N/c1-9(2)15-8-7-14(4)11-6-5-10(3)13(15)12(11)14/h9-13H,5-8H2,1-4H3/t10-,11?,12?,13?,14?/m1/s1. The molecule has 0 amide bonds. The minimum absolute atomic E-state index is 0.751. The van der Waals surface area contributed by atoms with Gasteiger partial charge in [0.05, 0.1) is 0 Å². The van der Waals surface area contributed by atoms with Crippen LogP contribution in [0, 0.1) is 23.2 Å². The van der Waals surface area contributed by atoms with E-state index in [2.05, 4.69) is 32.6 Å². The second-order valence-corrected chi connectivity index (χ2v) is 6.76. The Bertz CT molecular complexity index is 271. The van der Waals surface area contributed by atoms with E-state index in [4.69, 9.17) is 0 Å². The van der Waals surface area contributed by atoms with Crippen molar-refractivity contribution in [3.63, 3.8) is 0 Å². The molecule has 1 saturated heterocycles. The summed E-state index contributed by atoms with van der Waals surface area (Å²) in [6.07, 6.45) is 4.46. The molecular formula is C14H25N. The summed E-state index contributed by atoms with van der Waals surface area (Å²) in [5.41, 5.74) is 0.751. The number of nitrogens with zero attached hydrogens (tertiary/aromatic N) is 1. The Morgan fingerprint density at radius 3 is 2.67 bits per heavy atom. The van der Waals surface area contributed by atoms with Crippen LogP contribution in [0.2, 0.25) is 0 Å². The molecule has 0 radical (unpaired) electrons. The SMILES string of the molecule is CC(C)N1CCC2(C)C3CC[C@@H](C)C1C32. The van der Waals surface area contributed by atoms with Crippen molar-refractivity contribution in [3.05, 3.63) is 0 Å². The van der Waals surface area contributed by atoms with Crippen LogP contribution in [0.15, 0.2) is 0 Å². The summed E-state index contributed by atoms with van der Waals surface area (Å²) >= 11 is 0. The second kappa shape index (κ2) is 3.00. The van der Waals surface area contributed by atoms with Crippen molar-refractivity contribution < 1.29 is 0 Å². The molecule has 1 heteroatoms. The van der Waals surface area contributed by atoms with E-state index in [0.717, 1.165) is 35.3 Å². The molecule has 1 heterocycles. The predicted molar refractivity (Wildman–Crippen MR) is 63.7 cm³/mol. The minimum atomic E-state index is 0.751. The first-order valence-corrected chi connectivity index (χ1v) is 6.81. The smallest absolute Gasteiger partial charge is 0.0160 e. The molecule has 1 nitrogen and oxygen atoms in total. The zero-order chi connectivity index (χ0) is 10.8. The van der Waals surface area contributed by atoms with E-state index in [9.17, 15) is 0 Å². The normalized spacial score (nSPS) is 54.2. The maximum absolute atomic E-state index is 2.80. The number of hydrogen-bond acceptors (Lipinski definition) is 1. The summed E-state index contributed by atoms with van der Waals surface area (Å²) < 4.78 is 0. The molecule has 0 N–H and O–H groups in total. The summed E-state index contributed by atoms with van der Waals surface area (Å²) in [6, 6.07) is 1.67. The van der Waals surface area contributed by atoms with Gasteiger partial charge in [0, 0.05) is 12.1 Å². The molecule has 4 unspecified atom stereocenters. The van der Waals surface area contributed by atoms with Gasteiger partial charge in [0.15, 0.2) is 0 Å². The van der Waals surface area contributed by atoms with Gasteiger partial charge >= 0.3 is 0 Å². The monoisotopic (exact) mass is 207 g/mol. The van der Waals surface area contributed by atoms with Gasteiger partial charge in [-0.1, -0.05) is 13.8 Å². The van der Waals surface area contributed by atoms with Crippen molar-refractivity contribution in [1.29, 1.82) is 0 Å². The number of rotatable bonds is 1. The second-order valence-electron chi connectivity index (χ2n) is 6.76. The van der Waals surface area contributed by atoms with Crippen molar-refractivity contribution in [2.24, 2.45) is 23.2 Å². The first kappa shape index (κ1) is 10.1. The van der Waals surface area contributed by atoms with Gasteiger partial charge in [0.1, 0.15) is 0 Å². The molecule has 3 rings (SSSR count). The highest BCUT2D eigenvalue weighted by atomic mass is 15.2. The van der Waals surface area contributed by atoms with Gasteiger partial charge in [-0.2, -0.15) is 0 Å². The molecular weight excluding hydrogens is 182 g/mol. The van der Waals surface area contributed by atoms with E-state index >= 15 is 0 Å². The highest BCUT2D eigenvalue weighted by Crippen LogP contribution is 2.70. The lowest BCUT2D eigenvalue weighted by Crippen LogP contribution is -2.50. The highest BCUT2D eigenvalue weighted by molar-refractivity contribution is 5.18. The number of piperidine rings is 1. The topological polar surface area (TPSA) is 3.24 Å². The molecule has 5 atom stereocenters. The summed E-state index contributed by atoms with van der Waals surface area (Å²) in [4.78, 5) is 2.80. The third-order valence-electron chi connectivity index (χ3n) is 5.77. The molecule has 3 fully saturated rings. The van der Waals surface area contributed by atoms with Gasteiger partial charge in [-0.05, 0) is 62.8 Å². The van der Waals surface area contributed by atoms with E-state index < -0.39 is 0 Å². The molecule has 3 aliphatic rings. The van der Waals surface area contributed by atoms with Crippen LogP contribution in [-0.4, -0.2) is 23.5 Å². The van der Waals surface area contributed by atoms with Crippen molar-refractivity contribution >= 4 is 0 Å². The Morgan fingerprint density at radius 2 is 2.00 bits per heavy atom. The lowest BCUT2D eigenvalue weighted by atomic mass is 9.82. The zero-order valence-electron chi connectivity index (χ0n) is 10.7. The highest BCUT2D eigenvalue weighted by Gasteiger charge is 2.68. The fraction of sp³-hybridized carbons (Fsp3) is 1.00. The zero-order valence-corrected chi connectivity index (χ0v) is 10.7. The Hall–Kier alpha value is -0.0400. The molecule has 0 aromatic carbocycles. The van der Waals surface area contributed by atoms with E-state index in [-0.39, 0.29) is 0 Å². The van der Waals surface area contributed by atoms with Gasteiger partial charge in [-0.3, -0.25) is 4.90 Å². The molecule has 0 bridgehead atoms. The van der Waals surface area contributed by atoms with Gasteiger partial charge in [-0.25, -0.2) is 0 Å². The Morgan fingerprint density at radius 1 is 1.27 bits per heavy atom. The van der Waals surface area contributed by atoms with Crippen molar-refractivity contribution in [1.82, 2.24) is 4.90 Å². The van der Waals surface area contributed by atoms with Crippen LogP contribution < -0.4 is 0 Å². The first-order valence-electron chi connectivity index (χ1n) is 6.81. The van der Waals surface area contributed by atoms with Crippen LogP contribution in [0.25, 0.3) is 0 Å². The van der Waals surface area contributed by atoms with E-state index in [1.54, 1.807) is 0 Å². The van der Waals surface area contributed by atoms with Crippen LogP contribution in [0.4, 0.5) is 0 Å². The van der Waals surface area contributed by atoms with Crippen LogP contribution in [0.5, 0.6) is 0 Å². The third-order valence-corrected chi connectivity index (χ3v) is 5.77. The maximum Gasteiger partial charge on any atom is 0.0160 e. The Labute approximate surface area is 94.2 Å². The van der Waals surface area contributed by atoms with Crippen LogP contribution >= 0.6 is 0 Å². The molecule has 1 aliphatic heterocycles. The van der Waals surface area contributed by atoms with Crippen molar-refractivity contribution in [2.45, 2.75) is 59.0 Å². The summed E-state index contributed by atoms with van der Waals surface area (Å²) in [7, 11) is 0. The average Bonchev–Trinajstić information content (AvgIpc) is 2.78. The summed E-state index contributed by atoms with van der Waals surface area (Å²) in [5, 5.41) is 0. The lowest BCUT2D eigenvalue weighted by Gasteiger charge is -2.44. The number of likely N-dealkylation sites (tertiary alicyclic amines) is 1. The maximum atomic E-state index is 2.80. The quantitative estimate of drug-likeness (QED) is 0.638. The fourth-order valence-electron chi connectivity index (χ4n) is 4.81. The van der Waals surface area contributed by atoms with E-state index in [0.29, 0.717) is 0 Å². The number of fused-ring (bicyclic) bond motifs is 1. The van der Waals surface area contributed by atoms with Gasteiger partial charge in [0.25, 0.3) is 0 Å². The fourth-order valence-corrected chi connectivity index (χ4v) is 4.81. The molecule has 15 heavy (non-hydrogen) atoms. The van der Waals surface area contributed by atoms with Gasteiger partial charge in [0.2, 0.25) is 0 Å². The van der Waals surface area contributed by atoms with Gasteiger partial charge < -0.3 is 0 Å². The molecule has 2 aliphatic carbocycles. The van der Waals surface area contributed by atoms with Crippen molar-refractivity contribution in [2.75, 3.05) is 6.54 Å². The Balaban J connectivity index is 1.89. The number of hydrogen-bond donors (Lipinski definition) is 0. The molecule has 0 spiro atoms. The van der Waals surface area contributed by atoms with Crippen molar-refractivity contribution in [3.8, 4) is 0 Å². The third kappa shape index (κ3) is 1.19. The molecule has 0 aromatic heterocycles. The lowest BCUT2D eigenvalue weighted by molar-refractivity contribution is 0.0406.